The van der Waals surface area contributed by atoms with Crippen LogP contribution in [-0.4, -0.2) is 24.6 Å². The summed E-state index contributed by atoms with van der Waals surface area (Å²) in [4.78, 5) is 11.9. The summed E-state index contributed by atoms with van der Waals surface area (Å²) in [6.45, 7) is 5.06. The van der Waals surface area contributed by atoms with Crippen LogP contribution in [0.5, 0.6) is 5.75 Å². The summed E-state index contributed by atoms with van der Waals surface area (Å²) in [5.74, 6) is 0.765. The van der Waals surface area contributed by atoms with Crippen LogP contribution in [0.15, 0.2) is 24.3 Å². The molecule has 1 aliphatic rings. The van der Waals surface area contributed by atoms with Crippen LogP contribution in [0.1, 0.15) is 45.1 Å². The van der Waals surface area contributed by atoms with Gasteiger partial charge >= 0.3 is 0 Å². The molecule has 0 aromatic heterocycles. The van der Waals surface area contributed by atoms with E-state index in [0.717, 1.165) is 30.7 Å². The molecule has 1 saturated carbocycles. The summed E-state index contributed by atoms with van der Waals surface area (Å²) in [5.41, 5.74) is 1.08. The highest BCUT2D eigenvalue weighted by molar-refractivity contribution is 5.77. The molecule has 2 rings (SSSR count). The van der Waals surface area contributed by atoms with Gasteiger partial charge in [0.1, 0.15) is 5.75 Å². The van der Waals surface area contributed by atoms with Crippen LogP contribution in [0.3, 0.4) is 0 Å². The normalized spacial score (nSPS) is 15.4. The maximum atomic E-state index is 11.9. The fourth-order valence-electron chi connectivity index (χ4n) is 2.59. The van der Waals surface area contributed by atoms with Gasteiger partial charge in [-0.2, -0.15) is 0 Å². The minimum absolute atomic E-state index is 0.0199. The van der Waals surface area contributed by atoms with Crippen molar-refractivity contribution in [2.45, 2.75) is 58.2 Å². The molecule has 1 fully saturated rings. The number of amides is 1. The van der Waals surface area contributed by atoms with Gasteiger partial charge in [0.15, 0.2) is 6.61 Å². The maximum Gasteiger partial charge on any atom is 0.258 e. The molecule has 0 bridgehead atoms. The Kier molecular flexibility index (Phi) is 6.05. The van der Waals surface area contributed by atoms with Crippen molar-refractivity contribution in [3.8, 4) is 5.75 Å². The maximum absolute atomic E-state index is 11.9. The summed E-state index contributed by atoms with van der Waals surface area (Å²) in [7, 11) is 0. The summed E-state index contributed by atoms with van der Waals surface area (Å²) in [6.07, 6.45) is 4.63. The number of nitrogens with one attached hydrogen (secondary N) is 2. The molecule has 0 radical (unpaired) electrons. The Labute approximate surface area is 127 Å². The topological polar surface area (TPSA) is 50.4 Å². The van der Waals surface area contributed by atoms with E-state index in [4.69, 9.17) is 4.74 Å². The van der Waals surface area contributed by atoms with Gasteiger partial charge in [0, 0.05) is 24.2 Å². The number of ether oxygens (including phenoxy) is 1. The van der Waals surface area contributed by atoms with Gasteiger partial charge in [0.25, 0.3) is 5.91 Å². The number of carbonyl (C=O) groups is 1. The molecule has 0 atom stereocenters. The monoisotopic (exact) mass is 290 g/mol. The van der Waals surface area contributed by atoms with Gasteiger partial charge < -0.3 is 15.4 Å². The van der Waals surface area contributed by atoms with Crippen LogP contribution in [0.4, 0.5) is 0 Å². The van der Waals surface area contributed by atoms with Crippen LogP contribution >= 0.6 is 0 Å². The molecule has 1 aromatic rings. The third-order valence-corrected chi connectivity index (χ3v) is 3.75. The second kappa shape index (κ2) is 8.03. The first-order valence-electron chi connectivity index (χ1n) is 7.88. The van der Waals surface area contributed by atoms with Gasteiger partial charge in [0.05, 0.1) is 0 Å². The first kappa shape index (κ1) is 15.8. The number of para-hydroxylation sites is 1. The molecular formula is C17H26N2O2. The minimum atomic E-state index is -0.0199. The van der Waals surface area contributed by atoms with Crippen molar-refractivity contribution >= 4 is 5.91 Å². The van der Waals surface area contributed by atoms with Gasteiger partial charge in [-0.1, -0.05) is 44.9 Å². The molecule has 2 N–H and O–H groups in total. The molecule has 1 aromatic carbocycles. The van der Waals surface area contributed by atoms with Crippen LogP contribution in [0.2, 0.25) is 0 Å². The fraction of sp³-hybridized carbons (Fsp3) is 0.588. The van der Waals surface area contributed by atoms with E-state index in [-0.39, 0.29) is 12.5 Å². The number of rotatable bonds is 7. The number of carbonyl (C=O) groups excluding carboxylic acids is 1. The average molecular weight is 290 g/mol. The van der Waals surface area contributed by atoms with Crippen molar-refractivity contribution in [2.24, 2.45) is 0 Å². The molecule has 0 unspecified atom stereocenters. The smallest absolute Gasteiger partial charge is 0.258 e. The first-order valence-corrected chi connectivity index (χ1v) is 7.88. The highest BCUT2D eigenvalue weighted by Gasteiger charge is 2.17. The number of benzene rings is 1. The van der Waals surface area contributed by atoms with E-state index in [1.807, 2.05) is 24.3 Å². The molecule has 4 nitrogen and oxygen atoms in total. The fourth-order valence-corrected chi connectivity index (χ4v) is 2.59. The Balaban J connectivity index is 1.82. The lowest BCUT2D eigenvalue weighted by Gasteiger charge is -2.15. The van der Waals surface area contributed by atoms with Crippen molar-refractivity contribution in [1.29, 1.82) is 0 Å². The lowest BCUT2D eigenvalue weighted by Crippen LogP contribution is -2.36. The summed E-state index contributed by atoms with van der Waals surface area (Å²) >= 11 is 0. The predicted octanol–water partition coefficient (Wildman–Crippen LogP) is 2.62. The van der Waals surface area contributed by atoms with Gasteiger partial charge in [-0.25, -0.2) is 0 Å². The van der Waals surface area contributed by atoms with Crippen LogP contribution in [0.25, 0.3) is 0 Å². The lowest BCUT2D eigenvalue weighted by molar-refractivity contribution is -0.123. The van der Waals surface area contributed by atoms with Crippen molar-refractivity contribution in [3.63, 3.8) is 0 Å². The van der Waals surface area contributed by atoms with E-state index in [9.17, 15) is 4.79 Å². The van der Waals surface area contributed by atoms with E-state index in [1.54, 1.807) is 0 Å². The van der Waals surface area contributed by atoms with Gasteiger partial charge in [-0.3, -0.25) is 4.79 Å². The zero-order valence-corrected chi connectivity index (χ0v) is 13.0. The van der Waals surface area contributed by atoms with Crippen molar-refractivity contribution in [2.75, 3.05) is 6.61 Å². The Morgan fingerprint density at radius 2 is 2.00 bits per heavy atom. The molecule has 116 valence electrons. The zero-order valence-electron chi connectivity index (χ0n) is 13.0. The van der Waals surface area contributed by atoms with Crippen molar-refractivity contribution in [3.05, 3.63) is 29.8 Å². The molecule has 0 aliphatic heterocycles. The molecule has 0 heterocycles. The Morgan fingerprint density at radius 3 is 2.71 bits per heavy atom. The second-order valence-electron chi connectivity index (χ2n) is 5.98. The van der Waals surface area contributed by atoms with E-state index < -0.39 is 0 Å². The van der Waals surface area contributed by atoms with E-state index in [0.29, 0.717) is 12.1 Å². The molecule has 1 amide bonds. The standard InChI is InChI=1S/C17H26N2O2/c1-13(2)18-11-14-7-3-6-10-16(14)21-12-17(20)19-15-8-4-5-9-15/h3,6-7,10,13,15,18H,4-5,8-9,11-12H2,1-2H3,(H,19,20). The number of hydrogen-bond acceptors (Lipinski definition) is 3. The minimum Gasteiger partial charge on any atom is -0.483 e. The molecule has 0 saturated heterocycles. The highest BCUT2D eigenvalue weighted by Crippen LogP contribution is 2.19. The molecule has 0 spiro atoms. The van der Waals surface area contributed by atoms with E-state index >= 15 is 0 Å². The summed E-state index contributed by atoms with van der Waals surface area (Å²) in [6, 6.07) is 8.63. The van der Waals surface area contributed by atoms with Crippen LogP contribution < -0.4 is 15.4 Å². The largest absolute Gasteiger partial charge is 0.483 e. The third kappa shape index (κ3) is 5.38. The molecule has 4 heteroatoms. The van der Waals surface area contributed by atoms with Crippen molar-refractivity contribution in [1.82, 2.24) is 10.6 Å². The highest BCUT2D eigenvalue weighted by atomic mass is 16.5. The van der Waals surface area contributed by atoms with Crippen LogP contribution in [0, 0.1) is 0 Å². The summed E-state index contributed by atoms with van der Waals surface area (Å²) in [5, 5.41) is 6.41. The van der Waals surface area contributed by atoms with E-state index in [2.05, 4.69) is 24.5 Å². The predicted molar refractivity (Wildman–Crippen MR) is 84.3 cm³/mol. The average Bonchev–Trinajstić information content (AvgIpc) is 2.96. The quantitative estimate of drug-likeness (QED) is 0.811. The van der Waals surface area contributed by atoms with E-state index in [1.165, 1.54) is 12.8 Å². The molecule has 21 heavy (non-hydrogen) atoms. The zero-order chi connectivity index (χ0) is 15.1. The van der Waals surface area contributed by atoms with Gasteiger partial charge in [0.2, 0.25) is 0 Å². The van der Waals surface area contributed by atoms with Crippen LogP contribution in [-0.2, 0) is 11.3 Å². The first-order chi connectivity index (χ1) is 10.1. The number of hydrogen-bond donors (Lipinski definition) is 2. The third-order valence-electron chi connectivity index (χ3n) is 3.75. The summed E-state index contributed by atoms with van der Waals surface area (Å²) < 4.78 is 5.69. The SMILES string of the molecule is CC(C)NCc1ccccc1OCC(=O)NC1CCCC1. The molecule has 1 aliphatic carbocycles. The van der Waals surface area contributed by atoms with Crippen molar-refractivity contribution < 1.29 is 9.53 Å². The van der Waals surface area contributed by atoms with Gasteiger partial charge in [-0.05, 0) is 18.9 Å². The Bertz CT molecular complexity index is 454. The molecular weight excluding hydrogens is 264 g/mol. The Hall–Kier alpha value is -1.55. The Morgan fingerprint density at radius 1 is 1.29 bits per heavy atom. The van der Waals surface area contributed by atoms with Gasteiger partial charge in [-0.15, -0.1) is 0 Å². The second-order valence-corrected chi connectivity index (χ2v) is 5.98. The lowest BCUT2D eigenvalue weighted by atomic mass is 10.2.